The van der Waals surface area contributed by atoms with Crippen molar-refractivity contribution in [3.63, 3.8) is 0 Å². The van der Waals surface area contributed by atoms with Gasteiger partial charge in [-0.2, -0.15) is 47.0 Å². The lowest BCUT2D eigenvalue weighted by Gasteiger charge is -2.45. The summed E-state index contributed by atoms with van der Waals surface area (Å²) in [6.45, 7) is 1.77. The van der Waals surface area contributed by atoms with Crippen LogP contribution in [0.2, 0.25) is 0 Å². The Morgan fingerprint density at radius 1 is 0.531 bits per heavy atom. The number of rotatable bonds is 34. The van der Waals surface area contributed by atoms with Gasteiger partial charge in [-0.3, -0.25) is 19.2 Å². The minimum atomic E-state index is -0.831. The molecule has 0 radical (unpaired) electrons. The summed E-state index contributed by atoms with van der Waals surface area (Å²) in [7, 11) is 1.53. The molecule has 1 aliphatic rings. The standard InChI is InChI=1S/C31H54O14S4/c1-40-31-30(44-13-5-17-49-21-9-27(38)39)29(43-12-4-16-48-20-8-26(36)37)28(42-11-3-15-47-19-7-25(34)35)23(45-31)22-41-10-2-14-46-18-6-24(32)33/h23,28-31H,2-22H2,1H3,(H,32,33)(H,34,35)(H,36,37)(H,38,39)/t23-,28-,29+,30-,31+/m1/s1. The van der Waals surface area contributed by atoms with Crippen LogP contribution in [-0.4, -0.2) is 161 Å². The van der Waals surface area contributed by atoms with Crippen LogP contribution in [0.5, 0.6) is 0 Å². The molecule has 4 N–H and O–H groups in total. The zero-order valence-electron chi connectivity index (χ0n) is 28.2. The van der Waals surface area contributed by atoms with Gasteiger partial charge >= 0.3 is 23.9 Å². The Kier molecular flexibility index (Phi) is 28.8. The molecule has 1 saturated heterocycles. The highest BCUT2D eigenvalue weighted by molar-refractivity contribution is 7.99. The van der Waals surface area contributed by atoms with Crippen molar-refractivity contribution in [1.82, 2.24) is 0 Å². The van der Waals surface area contributed by atoms with E-state index in [0.29, 0.717) is 68.7 Å². The zero-order chi connectivity index (χ0) is 36.1. The molecule has 0 aliphatic carbocycles. The third-order valence-corrected chi connectivity index (χ3v) is 11.0. The Hall–Kier alpha value is -0.960. The van der Waals surface area contributed by atoms with Gasteiger partial charge in [0.2, 0.25) is 0 Å². The second-order valence-electron chi connectivity index (χ2n) is 10.8. The van der Waals surface area contributed by atoms with Crippen molar-refractivity contribution in [2.75, 3.05) is 86.2 Å². The van der Waals surface area contributed by atoms with Gasteiger partial charge in [0.05, 0.1) is 32.3 Å². The van der Waals surface area contributed by atoms with E-state index in [1.807, 2.05) is 0 Å². The van der Waals surface area contributed by atoms with Crippen LogP contribution in [0.3, 0.4) is 0 Å². The fourth-order valence-corrected chi connectivity index (χ4v) is 7.80. The van der Waals surface area contributed by atoms with Gasteiger partial charge in [-0.05, 0) is 48.7 Å². The summed E-state index contributed by atoms with van der Waals surface area (Å²) in [6, 6.07) is 0. The largest absolute Gasteiger partial charge is 0.481 e. The fraction of sp³-hybridized carbons (Fsp3) is 0.871. The number of carboxylic acids is 4. The molecule has 5 atom stereocenters. The summed E-state index contributed by atoms with van der Waals surface area (Å²) in [5, 5.41) is 35.5. The Labute approximate surface area is 306 Å². The molecule has 0 aromatic heterocycles. The van der Waals surface area contributed by atoms with Crippen LogP contribution in [0.25, 0.3) is 0 Å². The van der Waals surface area contributed by atoms with E-state index in [1.165, 1.54) is 7.11 Å². The molecule has 14 nitrogen and oxygen atoms in total. The number of thioether (sulfide) groups is 4. The first-order valence-electron chi connectivity index (χ1n) is 16.4. The Balaban J connectivity index is 2.91. The van der Waals surface area contributed by atoms with Gasteiger partial charge in [-0.1, -0.05) is 0 Å². The topological polar surface area (TPSA) is 205 Å². The van der Waals surface area contributed by atoms with Crippen molar-refractivity contribution in [2.45, 2.75) is 82.1 Å². The second kappa shape index (κ2) is 30.6. The first-order valence-corrected chi connectivity index (χ1v) is 21.1. The molecular formula is C31H54O14S4. The van der Waals surface area contributed by atoms with Crippen LogP contribution in [-0.2, 0) is 47.6 Å². The predicted molar refractivity (Wildman–Crippen MR) is 192 cm³/mol. The van der Waals surface area contributed by atoms with Crippen molar-refractivity contribution >= 4 is 70.9 Å². The monoisotopic (exact) mass is 778 g/mol. The smallest absolute Gasteiger partial charge is 0.304 e. The number of hydrogen-bond acceptors (Lipinski definition) is 14. The molecule has 0 spiro atoms. The molecule has 286 valence electrons. The molecule has 1 rings (SSSR count). The van der Waals surface area contributed by atoms with E-state index >= 15 is 0 Å². The summed E-state index contributed by atoms with van der Waals surface area (Å²) < 4.78 is 37.2. The Morgan fingerprint density at radius 3 is 1.29 bits per heavy atom. The van der Waals surface area contributed by atoms with Gasteiger partial charge in [0.25, 0.3) is 0 Å². The molecule has 0 amide bonds. The lowest BCUT2D eigenvalue weighted by molar-refractivity contribution is -0.318. The predicted octanol–water partition coefficient (Wildman–Crippen LogP) is 3.92. The number of hydrogen-bond donors (Lipinski definition) is 4. The van der Waals surface area contributed by atoms with E-state index in [9.17, 15) is 19.2 Å². The van der Waals surface area contributed by atoms with Crippen LogP contribution in [0.1, 0.15) is 51.4 Å². The molecule has 0 aromatic rings. The van der Waals surface area contributed by atoms with Crippen molar-refractivity contribution in [3.05, 3.63) is 0 Å². The first-order chi connectivity index (χ1) is 23.6. The SMILES string of the molecule is CO[C@H]1O[C@H](COCCCSCCC(=O)O)[C@@H](OCCCSCCC(=O)O)[C@H](OCCCSCCC(=O)O)[C@H]1OCCCSCCC(=O)O. The average molecular weight is 779 g/mol. The van der Waals surface area contributed by atoms with Crippen LogP contribution in [0.15, 0.2) is 0 Å². The van der Waals surface area contributed by atoms with Gasteiger partial charge in [0, 0.05) is 56.5 Å². The summed E-state index contributed by atoms with van der Waals surface area (Å²) in [4.78, 5) is 43.2. The lowest BCUT2D eigenvalue weighted by Crippen LogP contribution is -2.62. The maximum absolute atomic E-state index is 10.8. The Morgan fingerprint density at radius 2 is 0.898 bits per heavy atom. The molecule has 49 heavy (non-hydrogen) atoms. The first kappa shape index (κ1) is 46.1. The summed E-state index contributed by atoms with van der Waals surface area (Å²) in [5.41, 5.74) is 0. The van der Waals surface area contributed by atoms with E-state index in [2.05, 4.69) is 0 Å². The molecular weight excluding hydrogens is 725 g/mol. The molecule has 1 aliphatic heterocycles. The third-order valence-electron chi connectivity index (χ3n) is 6.75. The van der Waals surface area contributed by atoms with Crippen LogP contribution >= 0.6 is 47.0 Å². The highest BCUT2D eigenvalue weighted by Crippen LogP contribution is 2.30. The Bertz CT molecular complexity index is 902. The van der Waals surface area contributed by atoms with Crippen molar-refractivity contribution in [2.24, 2.45) is 0 Å². The van der Waals surface area contributed by atoms with Crippen molar-refractivity contribution in [3.8, 4) is 0 Å². The van der Waals surface area contributed by atoms with E-state index in [-0.39, 0.29) is 32.3 Å². The minimum absolute atomic E-state index is 0.0960. The number of methoxy groups -OCH3 is 1. The highest BCUT2D eigenvalue weighted by atomic mass is 32.2. The van der Waals surface area contributed by atoms with Crippen LogP contribution in [0, 0.1) is 0 Å². The van der Waals surface area contributed by atoms with Gasteiger partial charge in [0.1, 0.15) is 24.4 Å². The number of ether oxygens (including phenoxy) is 6. The van der Waals surface area contributed by atoms with E-state index in [0.717, 1.165) is 29.4 Å². The highest BCUT2D eigenvalue weighted by Gasteiger charge is 2.48. The fourth-order valence-electron chi connectivity index (χ4n) is 4.42. The van der Waals surface area contributed by atoms with E-state index < -0.39 is 54.6 Å². The maximum atomic E-state index is 10.8. The summed E-state index contributed by atoms with van der Waals surface area (Å²) >= 11 is 6.19. The van der Waals surface area contributed by atoms with Crippen molar-refractivity contribution in [1.29, 1.82) is 0 Å². The third kappa shape index (κ3) is 24.8. The quantitative estimate of drug-likeness (QED) is 0.0684. The second-order valence-corrected chi connectivity index (χ2v) is 15.7. The van der Waals surface area contributed by atoms with Crippen LogP contribution < -0.4 is 0 Å². The molecule has 0 bridgehead atoms. The average Bonchev–Trinajstić information content (AvgIpc) is 3.04. The minimum Gasteiger partial charge on any atom is -0.481 e. The summed E-state index contributed by atoms with van der Waals surface area (Å²) in [5.74, 6) is 1.72. The zero-order valence-corrected chi connectivity index (χ0v) is 31.5. The maximum Gasteiger partial charge on any atom is 0.304 e. The lowest BCUT2D eigenvalue weighted by atomic mass is 9.98. The van der Waals surface area contributed by atoms with E-state index in [4.69, 9.17) is 48.8 Å². The molecule has 1 heterocycles. The van der Waals surface area contributed by atoms with Crippen LogP contribution in [0.4, 0.5) is 0 Å². The van der Waals surface area contributed by atoms with Gasteiger partial charge in [-0.15, -0.1) is 0 Å². The van der Waals surface area contributed by atoms with Crippen molar-refractivity contribution < 1.29 is 68.0 Å². The number of carbonyl (C=O) groups is 4. The van der Waals surface area contributed by atoms with E-state index in [1.54, 1.807) is 47.0 Å². The van der Waals surface area contributed by atoms with Gasteiger partial charge in [0.15, 0.2) is 6.29 Å². The number of carboxylic acid groups (broad SMARTS) is 4. The van der Waals surface area contributed by atoms with Gasteiger partial charge in [-0.25, -0.2) is 0 Å². The normalized spacial score (nSPS) is 20.7. The van der Waals surface area contributed by atoms with Gasteiger partial charge < -0.3 is 48.8 Å². The molecule has 1 fully saturated rings. The molecule has 0 unspecified atom stereocenters. The number of aliphatic carboxylic acids is 4. The molecule has 0 aromatic carbocycles. The molecule has 0 saturated carbocycles. The summed E-state index contributed by atoms with van der Waals surface area (Å²) in [6.07, 6.45) is 0.0723. The molecule has 18 heteroatoms.